The molecule has 0 fully saturated rings. The van der Waals surface area contributed by atoms with Crippen LogP contribution in [0, 0.1) is 0 Å². The van der Waals surface area contributed by atoms with Crippen molar-refractivity contribution in [2.45, 2.75) is 105 Å². The predicted octanol–water partition coefficient (Wildman–Crippen LogP) is 30.4. The van der Waals surface area contributed by atoms with Crippen molar-refractivity contribution in [3.05, 3.63) is 404 Å². The summed E-state index contributed by atoms with van der Waals surface area (Å²) >= 11 is 0. The zero-order valence-corrected chi connectivity index (χ0v) is 73.1. The molecule has 6 nitrogen and oxygen atoms in total. The second kappa shape index (κ2) is 29.1. The van der Waals surface area contributed by atoms with Gasteiger partial charge < -0.3 is 28.4 Å². The van der Waals surface area contributed by atoms with E-state index in [1.807, 2.05) is 0 Å². The minimum Gasteiger partial charge on any atom is -0.310 e. The van der Waals surface area contributed by atoms with Crippen LogP contribution < -0.4 is 31.1 Å². The number of hydrogen-bond donors (Lipinski definition) is 0. The van der Waals surface area contributed by atoms with Crippen molar-refractivity contribution in [1.29, 1.82) is 0 Å². The van der Waals surface area contributed by atoms with Gasteiger partial charge in [-0.2, -0.15) is 0 Å². The minimum atomic E-state index is -0.353. The van der Waals surface area contributed by atoms with Crippen molar-refractivity contribution >= 4 is 140 Å². The van der Waals surface area contributed by atoms with Gasteiger partial charge in [-0.15, -0.1) is 0 Å². The Morgan fingerprint density at radius 2 is 0.512 bits per heavy atom. The van der Waals surface area contributed by atoms with Gasteiger partial charge in [-0.1, -0.05) is 320 Å². The van der Waals surface area contributed by atoms with Crippen molar-refractivity contribution < 1.29 is 0 Å². The molecule has 20 aromatic rings. The number of hydrogen-bond acceptors (Lipinski definition) is 3. The molecule has 7 heteroatoms. The van der Waals surface area contributed by atoms with Crippen molar-refractivity contribution in [2.24, 2.45) is 0 Å². The van der Waals surface area contributed by atoms with E-state index in [0.717, 1.165) is 124 Å². The quantitative estimate of drug-likeness (QED) is 0.114. The van der Waals surface area contributed by atoms with Crippen LogP contribution in [0.3, 0.4) is 0 Å². The Balaban J connectivity index is 0.915. The summed E-state index contributed by atoms with van der Waals surface area (Å²) in [6.07, 6.45) is 0. The number of benzene rings is 17. The zero-order chi connectivity index (χ0) is 85.1. The molecule has 0 spiro atoms. The van der Waals surface area contributed by atoms with Gasteiger partial charge in [-0.25, -0.2) is 0 Å². The number of rotatable bonds is 12. The van der Waals surface area contributed by atoms with Crippen molar-refractivity contribution in [1.82, 2.24) is 13.7 Å². The summed E-state index contributed by atoms with van der Waals surface area (Å²) < 4.78 is 7.56. The van der Waals surface area contributed by atoms with Crippen LogP contribution in [0.2, 0.25) is 0 Å². The lowest BCUT2D eigenvalue weighted by molar-refractivity contribution is 0.590. The van der Waals surface area contributed by atoms with Gasteiger partial charge in [-0.05, 0) is 228 Å². The summed E-state index contributed by atoms with van der Waals surface area (Å²) in [5, 5.41) is 7.34. The van der Waals surface area contributed by atoms with Crippen molar-refractivity contribution in [3.8, 4) is 61.6 Å². The maximum absolute atomic E-state index is 2.75. The average molecular weight is 1610 g/mol. The van der Waals surface area contributed by atoms with E-state index in [0.29, 0.717) is 0 Å². The highest BCUT2D eigenvalue weighted by Gasteiger charge is 2.47. The molecule has 0 amide bonds. The van der Waals surface area contributed by atoms with Gasteiger partial charge in [0.25, 0.3) is 6.71 Å². The second-order valence-corrected chi connectivity index (χ2v) is 38.5. The number of anilines is 9. The van der Waals surface area contributed by atoms with Gasteiger partial charge >= 0.3 is 0 Å². The van der Waals surface area contributed by atoms with Crippen LogP contribution in [0.4, 0.5) is 51.2 Å². The van der Waals surface area contributed by atoms with E-state index in [-0.39, 0.29) is 28.4 Å². The van der Waals surface area contributed by atoms with Gasteiger partial charge in [0, 0.05) is 106 Å². The molecule has 22 rings (SSSR count). The highest BCUT2D eigenvalue weighted by atomic mass is 15.2. The molecule has 0 saturated heterocycles. The Morgan fingerprint density at radius 1 is 0.216 bits per heavy atom. The predicted molar refractivity (Wildman–Crippen MR) is 535 cm³/mol. The third kappa shape index (κ3) is 12.7. The Labute approximate surface area is 733 Å². The lowest BCUT2D eigenvalue weighted by atomic mass is 9.33. The molecule has 0 N–H and O–H groups in total. The molecule has 5 heterocycles. The topological polar surface area (TPSA) is 24.5 Å². The summed E-state index contributed by atoms with van der Waals surface area (Å²) in [5.41, 5.74) is 36.8. The van der Waals surface area contributed by atoms with Gasteiger partial charge in [0.1, 0.15) is 0 Å². The minimum absolute atomic E-state index is 0.0915. The highest BCUT2D eigenvalue weighted by Crippen LogP contribution is 2.57. The van der Waals surface area contributed by atoms with Crippen LogP contribution in [0.1, 0.15) is 105 Å². The average Bonchev–Trinajstić information content (AvgIpc) is 0.896. The normalized spacial score (nSPS) is 12.9. The largest absolute Gasteiger partial charge is 0.310 e. The molecule has 604 valence electrons. The molecule has 0 atom stereocenters. The molecular formula is C118H99BN6. The molecule has 17 aromatic carbocycles. The zero-order valence-electron chi connectivity index (χ0n) is 73.1. The lowest BCUT2D eigenvalue weighted by Crippen LogP contribution is -2.61. The molecule has 0 unspecified atom stereocenters. The van der Waals surface area contributed by atoms with Crippen LogP contribution in [-0.2, 0) is 21.7 Å². The second-order valence-electron chi connectivity index (χ2n) is 38.5. The van der Waals surface area contributed by atoms with E-state index in [1.54, 1.807) is 0 Å². The van der Waals surface area contributed by atoms with Crippen LogP contribution >= 0.6 is 0 Å². The first-order valence-electron chi connectivity index (χ1n) is 44.2. The van der Waals surface area contributed by atoms with E-state index >= 15 is 0 Å². The molecule has 125 heavy (non-hydrogen) atoms. The molecule has 0 aliphatic carbocycles. The van der Waals surface area contributed by atoms with Crippen LogP contribution in [0.5, 0.6) is 0 Å². The van der Waals surface area contributed by atoms with Gasteiger partial charge in [0.2, 0.25) is 0 Å². The first-order valence-corrected chi connectivity index (χ1v) is 44.2. The van der Waals surface area contributed by atoms with Crippen molar-refractivity contribution in [2.75, 3.05) is 14.7 Å². The molecule has 2 aliphatic heterocycles. The van der Waals surface area contributed by atoms with E-state index in [9.17, 15) is 0 Å². The molecule has 0 saturated carbocycles. The number of para-hydroxylation sites is 5. The third-order valence-electron chi connectivity index (χ3n) is 26.6. The monoisotopic (exact) mass is 1610 g/mol. The Bertz CT molecular complexity index is 7380. The van der Waals surface area contributed by atoms with Gasteiger partial charge in [0.15, 0.2) is 0 Å². The summed E-state index contributed by atoms with van der Waals surface area (Å²) in [4.78, 5) is 7.97. The van der Waals surface area contributed by atoms with Gasteiger partial charge in [-0.3, -0.25) is 0 Å². The number of nitrogens with zero attached hydrogens (tertiary/aromatic N) is 6. The smallest absolute Gasteiger partial charge is 0.252 e. The van der Waals surface area contributed by atoms with E-state index < -0.39 is 0 Å². The molecular weight excluding hydrogens is 1510 g/mol. The van der Waals surface area contributed by atoms with Crippen LogP contribution in [-0.4, -0.2) is 20.4 Å². The highest BCUT2D eigenvalue weighted by molar-refractivity contribution is 7.00. The summed E-state index contributed by atoms with van der Waals surface area (Å²) in [5.74, 6) is 0. The Hall–Kier alpha value is -14.4. The SMILES string of the molecule is CC(C)(C)c1cc(-c2ccccc2)c(N2c3cc(N(c4ccccc4)c4ccc(-n5c6ccccc6c6ccccc65)cc4)ccc3B3c4ccc(-n5c6ccc(C(C)(C)C)cc6c6cc(C(C)(C)C)ccc65)cc4N(c4c(-c5ccccc5)cc(C(C)(C)C)cc4-c4ccccc4)c4cc(-n5c6ccccc6c6ccccc65)cc2c43)c(-c2ccccc2)c1. The fraction of sp³-hybridized carbons (Fsp3) is 0.136. The summed E-state index contributed by atoms with van der Waals surface area (Å²) in [7, 11) is 0. The third-order valence-corrected chi connectivity index (χ3v) is 26.6. The van der Waals surface area contributed by atoms with Crippen molar-refractivity contribution in [3.63, 3.8) is 0 Å². The van der Waals surface area contributed by atoms with E-state index in [4.69, 9.17) is 0 Å². The maximum Gasteiger partial charge on any atom is 0.252 e. The molecule has 0 radical (unpaired) electrons. The Kier molecular flexibility index (Phi) is 17.9. The molecule has 0 bridgehead atoms. The van der Waals surface area contributed by atoms with E-state index in [2.05, 4.69) is 494 Å². The fourth-order valence-electron chi connectivity index (χ4n) is 20.2. The summed E-state index contributed by atoms with van der Waals surface area (Å²) in [6, 6.07) is 146. The number of fused-ring (bicyclic) bond motifs is 13. The van der Waals surface area contributed by atoms with Crippen LogP contribution in [0.25, 0.3) is 127 Å². The first-order chi connectivity index (χ1) is 60.6. The van der Waals surface area contributed by atoms with E-state index in [1.165, 1.54) is 93.0 Å². The number of aromatic nitrogens is 3. The van der Waals surface area contributed by atoms with Gasteiger partial charge in [0.05, 0.1) is 50.2 Å². The first kappa shape index (κ1) is 76.7. The maximum atomic E-state index is 2.75. The lowest BCUT2D eigenvalue weighted by Gasteiger charge is -2.46. The standard InChI is InChI=1S/C118H99BN6/c1-115(2,3)80-54-64-106-98(66-80)99-67-81(116(4,5)6)55-65-107(99)122(106)88-61-63-101-109(73-88)125(114-96(78-40-22-15-23-41-78)70-83(118(10,11)12)71-97(114)79-42-24-16-25-43-79)111-75-89(123-104-52-34-30-48-92(104)93-49-31-35-53-105(93)123)74-110-112(111)119(101)100-62-60-87(72-108(100)124(110)113-94(76-36-18-13-19-37-76)68-82(117(7,8)9)69-95(113)77-38-20-14-21-39-77)120(84-44-26-17-27-45-84)85-56-58-86(59-57-85)121-102-50-32-28-46-90(102)91-47-29-33-51-103(91)121/h13-75H,1-12H3. The Morgan fingerprint density at radius 3 is 0.896 bits per heavy atom. The summed E-state index contributed by atoms with van der Waals surface area (Å²) in [6.45, 7) is 27.9. The fourth-order valence-corrected chi connectivity index (χ4v) is 20.2. The molecule has 2 aliphatic rings. The molecule has 3 aromatic heterocycles. The van der Waals surface area contributed by atoms with Crippen LogP contribution in [0.15, 0.2) is 382 Å².